The van der Waals surface area contributed by atoms with Crippen LogP contribution < -0.4 is 0 Å². The van der Waals surface area contributed by atoms with Crippen LogP contribution in [-0.4, -0.2) is 53.4 Å². The van der Waals surface area contributed by atoms with Gasteiger partial charge in [-0.05, 0) is 74.1 Å². The van der Waals surface area contributed by atoms with E-state index < -0.39 is 59.4 Å². The molecular weight excluding hydrogens is 569 g/mol. The van der Waals surface area contributed by atoms with Crippen molar-refractivity contribution in [2.45, 2.75) is 75.5 Å². The van der Waals surface area contributed by atoms with Crippen molar-refractivity contribution in [3.63, 3.8) is 0 Å². The second-order valence-electron chi connectivity index (χ2n) is 11.4. The molecule has 3 aliphatic heterocycles. The molecule has 3 heterocycles. The minimum atomic E-state index is -5.01. The number of benzene rings is 2. The van der Waals surface area contributed by atoms with Crippen molar-refractivity contribution in [3.8, 4) is 0 Å². The molecule has 2 aromatic carbocycles. The van der Waals surface area contributed by atoms with Gasteiger partial charge in [0, 0.05) is 43.9 Å². The summed E-state index contributed by atoms with van der Waals surface area (Å²) in [6, 6.07) is 6.34. The van der Waals surface area contributed by atoms with Gasteiger partial charge in [0.25, 0.3) is 0 Å². The summed E-state index contributed by atoms with van der Waals surface area (Å²) in [6.07, 6.45) is -8.92. The van der Waals surface area contributed by atoms with Crippen LogP contribution in [0.3, 0.4) is 0 Å². The normalized spacial score (nSPS) is 25.9. The highest BCUT2D eigenvalue weighted by Gasteiger charge is 2.51. The average Bonchev–Trinajstić information content (AvgIpc) is 3.30. The third-order valence-corrected chi connectivity index (χ3v) is 8.59. The number of carbonyl (C=O) groups is 2. The van der Waals surface area contributed by atoms with Gasteiger partial charge in [-0.1, -0.05) is 12.1 Å². The molecule has 3 saturated heterocycles. The highest BCUT2D eigenvalue weighted by molar-refractivity contribution is 5.87. The Morgan fingerprint density at radius 2 is 1.52 bits per heavy atom. The smallest absolute Gasteiger partial charge is 0.368 e. The summed E-state index contributed by atoms with van der Waals surface area (Å²) < 4.78 is 101. The van der Waals surface area contributed by atoms with E-state index in [4.69, 9.17) is 4.74 Å². The highest BCUT2D eigenvalue weighted by atomic mass is 19.4. The average molecular weight is 601 g/mol. The zero-order chi connectivity index (χ0) is 30.4. The number of halogens is 7. The fourth-order valence-corrected chi connectivity index (χ4v) is 6.51. The minimum absolute atomic E-state index is 0.00676. The molecule has 0 radical (unpaired) electrons. The third-order valence-electron chi connectivity index (χ3n) is 8.59. The Morgan fingerprint density at radius 1 is 0.929 bits per heavy atom. The number of ether oxygens (including phenoxy) is 1. The second-order valence-corrected chi connectivity index (χ2v) is 11.4. The van der Waals surface area contributed by atoms with Gasteiger partial charge in [-0.3, -0.25) is 9.59 Å². The van der Waals surface area contributed by atoms with Crippen LogP contribution in [0.15, 0.2) is 42.5 Å². The van der Waals surface area contributed by atoms with E-state index in [0.29, 0.717) is 37.2 Å². The van der Waals surface area contributed by atoms with Crippen molar-refractivity contribution in [1.29, 1.82) is 0 Å². The molecule has 0 saturated carbocycles. The number of carbonyl (C=O) groups excluding carboxylic acids is 2. The van der Waals surface area contributed by atoms with Gasteiger partial charge < -0.3 is 14.5 Å². The first-order chi connectivity index (χ1) is 19.7. The summed E-state index contributed by atoms with van der Waals surface area (Å²) in [7, 11) is 0. The molecule has 12 heteroatoms. The Balaban J connectivity index is 1.45. The minimum Gasteiger partial charge on any atom is -0.368 e. The maximum atomic E-state index is 13.8. The molecule has 2 amide bonds. The Kier molecular flexibility index (Phi) is 8.30. The Hall–Kier alpha value is -3.15. The predicted molar refractivity (Wildman–Crippen MR) is 138 cm³/mol. The van der Waals surface area contributed by atoms with Gasteiger partial charge in [-0.2, -0.15) is 26.3 Å². The zero-order valence-electron chi connectivity index (χ0n) is 22.8. The van der Waals surface area contributed by atoms with Gasteiger partial charge in [-0.15, -0.1) is 0 Å². The largest absolute Gasteiger partial charge is 0.416 e. The van der Waals surface area contributed by atoms with Crippen molar-refractivity contribution < 1.29 is 45.1 Å². The van der Waals surface area contributed by atoms with Crippen LogP contribution in [0.5, 0.6) is 0 Å². The van der Waals surface area contributed by atoms with Gasteiger partial charge in [-0.25, -0.2) is 4.39 Å². The lowest BCUT2D eigenvalue weighted by Crippen LogP contribution is -2.49. The van der Waals surface area contributed by atoms with E-state index in [1.54, 1.807) is 9.80 Å². The number of alkyl halides is 6. The number of hydrogen-bond acceptors (Lipinski definition) is 3. The molecule has 42 heavy (non-hydrogen) atoms. The van der Waals surface area contributed by atoms with Crippen LogP contribution >= 0.6 is 0 Å². The number of rotatable bonds is 5. The quantitative estimate of drug-likeness (QED) is 0.358. The lowest BCUT2D eigenvalue weighted by atomic mass is 9.81. The summed E-state index contributed by atoms with van der Waals surface area (Å²) in [4.78, 5) is 30.0. The van der Waals surface area contributed by atoms with Gasteiger partial charge >= 0.3 is 12.4 Å². The van der Waals surface area contributed by atoms with Crippen molar-refractivity contribution in [1.82, 2.24) is 9.80 Å². The molecule has 5 rings (SSSR count). The first-order valence-corrected chi connectivity index (χ1v) is 14.0. The highest BCUT2D eigenvalue weighted by Crippen LogP contribution is 2.45. The number of likely N-dealkylation sites (tertiary alicyclic amines) is 1. The molecular formula is C30H31F7N2O3. The molecule has 5 nitrogen and oxygen atoms in total. The molecule has 0 N–H and O–H groups in total. The van der Waals surface area contributed by atoms with E-state index in [1.807, 2.05) is 0 Å². The van der Waals surface area contributed by atoms with Gasteiger partial charge in [0.05, 0.1) is 23.3 Å². The zero-order valence-corrected chi connectivity index (χ0v) is 22.8. The summed E-state index contributed by atoms with van der Waals surface area (Å²) in [6.45, 7) is 2.64. The molecule has 3 aliphatic rings. The molecule has 2 aromatic rings. The van der Waals surface area contributed by atoms with Crippen LogP contribution in [0.25, 0.3) is 0 Å². The first kappa shape index (κ1) is 30.3. The Bertz CT molecular complexity index is 1270. The standard InChI is InChI=1S/C30H31F7N2O3/c1-17(19-11-21(29(32,33)34)15-22(12-19)30(35,36)37)42-25-16-39-24(27(25)18-5-7-23(31)8-6-18)13-20(14-26(39)40)28(41)38-9-3-2-4-10-38/h5-8,11-12,15,17,20,24-25,27H,2-4,9-10,13-14,16H2,1H3/t17-,20?,24+,25+,27+/m1/s1. The van der Waals surface area contributed by atoms with E-state index in [9.17, 15) is 40.3 Å². The predicted octanol–water partition coefficient (Wildman–Crippen LogP) is 6.73. The van der Waals surface area contributed by atoms with Crippen LogP contribution in [0, 0.1) is 11.7 Å². The van der Waals surface area contributed by atoms with Crippen molar-refractivity contribution >= 4 is 11.8 Å². The Labute approximate surface area is 238 Å². The molecule has 3 fully saturated rings. The van der Waals surface area contributed by atoms with Crippen LogP contribution in [0.2, 0.25) is 0 Å². The second kappa shape index (κ2) is 11.5. The van der Waals surface area contributed by atoms with E-state index in [1.165, 1.54) is 31.2 Å². The van der Waals surface area contributed by atoms with Gasteiger partial charge in [0.2, 0.25) is 11.8 Å². The molecule has 5 atom stereocenters. The number of piperidine rings is 2. The number of hydrogen-bond donors (Lipinski definition) is 0. The Morgan fingerprint density at radius 3 is 2.10 bits per heavy atom. The summed E-state index contributed by atoms with van der Waals surface area (Å²) in [5.41, 5.74) is -2.61. The monoisotopic (exact) mass is 600 g/mol. The van der Waals surface area contributed by atoms with Crippen molar-refractivity contribution in [2.24, 2.45) is 5.92 Å². The van der Waals surface area contributed by atoms with Crippen LogP contribution in [0.4, 0.5) is 30.7 Å². The SMILES string of the molecule is C[C@@H](O[C@H]1CN2C(=O)CC(C(=O)N3CCCCC3)C[C@H]2[C@@H]1c1ccc(F)cc1)c1cc(C(F)(F)F)cc(C(F)(F)F)c1. The van der Waals surface area contributed by atoms with E-state index in [-0.39, 0.29) is 36.4 Å². The van der Waals surface area contributed by atoms with Gasteiger partial charge in [0.15, 0.2) is 0 Å². The fraction of sp³-hybridized carbons (Fsp3) is 0.533. The lowest BCUT2D eigenvalue weighted by Gasteiger charge is -2.39. The van der Waals surface area contributed by atoms with Crippen LogP contribution in [0.1, 0.15) is 73.3 Å². The van der Waals surface area contributed by atoms with E-state index >= 15 is 0 Å². The summed E-state index contributed by atoms with van der Waals surface area (Å²) in [5.74, 6) is -2.01. The number of amides is 2. The first-order valence-electron chi connectivity index (χ1n) is 14.0. The maximum Gasteiger partial charge on any atom is 0.416 e. The molecule has 0 aliphatic carbocycles. The van der Waals surface area contributed by atoms with E-state index in [2.05, 4.69) is 0 Å². The molecule has 0 spiro atoms. The molecule has 0 bridgehead atoms. The van der Waals surface area contributed by atoms with Gasteiger partial charge in [0.1, 0.15) is 5.82 Å². The topological polar surface area (TPSA) is 49.9 Å². The van der Waals surface area contributed by atoms with E-state index in [0.717, 1.165) is 19.3 Å². The third kappa shape index (κ3) is 6.28. The molecule has 1 unspecified atom stereocenters. The summed E-state index contributed by atoms with van der Waals surface area (Å²) >= 11 is 0. The van der Waals surface area contributed by atoms with Crippen LogP contribution in [-0.2, 0) is 26.7 Å². The fourth-order valence-electron chi connectivity index (χ4n) is 6.51. The molecule has 0 aromatic heterocycles. The summed E-state index contributed by atoms with van der Waals surface area (Å²) in [5, 5.41) is 0. The number of fused-ring (bicyclic) bond motifs is 1. The number of nitrogens with zero attached hydrogens (tertiary/aromatic N) is 2. The lowest BCUT2D eigenvalue weighted by molar-refractivity contribution is -0.147. The molecule has 228 valence electrons. The van der Waals surface area contributed by atoms with Crippen molar-refractivity contribution in [3.05, 3.63) is 70.5 Å². The van der Waals surface area contributed by atoms with Crippen molar-refractivity contribution in [2.75, 3.05) is 19.6 Å². The maximum absolute atomic E-state index is 13.8.